The van der Waals surface area contributed by atoms with Gasteiger partial charge < -0.3 is 9.47 Å². The number of halogens is 2. The van der Waals surface area contributed by atoms with Crippen molar-refractivity contribution < 1.29 is 19.1 Å². The number of benzene rings is 2. The molecule has 8 heteroatoms. The summed E-state index contributed by atoms with van der Waals surface area (Å²) in [6.45, 7) is 2.59. The molecule has 144 valence electrons. The molecule has 0 aromatic heterocycles. The molecule has 0 saturated carbocycles. The molecule has 0 fully saturated rings. The number of methoxy groups -OCH3 is 1. The van der Waals surface area contributed by atoms with Crippen molar-refractivity contribution in [3.05, 3.63) is 55.6 Å². The zero-order chi connectivity index (χ0) is 19.8. The third-order valence-electron chi connectivity index (χ3n) is 3.65. The van der Waals surface area contributed by atoms with Gasteiger partial charge in [-0.05, 0) is 65.4 Å². The van der Waals surface area contributed by atoms with Gasteiger partial charge in [-0.25, -0.2) is 0 Å². The molecule has 0 heterocycles. The van der Waals surface area contributed by atoms with Crippen molar-refractivity contribution in [3.8, 4) is 11.5 Å². The van der Waals surface area contributed by atoms with Crippen LogP contribution in [-0.2, 0) is 0 Å². The zero-order valence-electron chi connectivity index (χ0n) is 15.0. The number of unbranched alkanes of at least 4 members (excludes halogenated alkanes) is 1. The van der Waals surface area contributed by atoms with Crippen LogP contribution in [0.3, 0.4) is 0 Å². The molecule has 0 saturated heterocycles. The van der Waals surface area contributed by atoms with E-state index in [2.05, 4.69) is 56.3 Å². The Morgan fingerprint density at radius 2 is 1.78 bits per heavy atom. The van der Waals surface area contributed by atoms with Gasteiger partial charge in [-0.1, -0.05) is 29.3 Å². The molecule has 0 aliphatic heterocycles. The number of nitrogens with one attached hydrogen (secondary N) is 2. The number of ether oxygens (including phenoxy) is 2. The van der Waals surface area contributed by atoms with Gasteiger partial charge in [0.05, 0.1) is 22.9 Å². The molecular formula is C19H20BrIN2O4. The summed E-state index contributed by atoms with van der Waals surface area (Å²) >= 11 is 5.43. The quantitative estimate of drug-likeness (QED) is 0.308. The Morgan fingerprint density at radius 3 is 2.44 bits per heavy atom. The van der Waals surface area contributed by atoms with Crippen molar-refractivity contribution in [1.29, 1.82) is 0 Å². The molecule has 0 bridgehead atoms. The van der Waals surface area contributed by atoms with Crippen molar-refractivity contribution in [1.82, 2.24) is 10.9 Å². The van der Waals surface area contributed by atoms with Gasteiger partial charge in [-0.2, -0.15) is 0 Å². The third-order valence-corrected chi connectivity index (χ3v) is 4.98. The maximum absolute atomic E-state index is 12.5. The smallest absolute Gasteiger partial charge is 0.273 e. The van der Waals surface area contributed by atoms with E-state index >= 15 is 0 Å². The van der Waals surface area contributed by atoms with E-state index in [-0.39, 0.29) is 0 Å². The van der Waals surface area contributed by atoms with E-state index in [9.17, 15) is 9.59 Å². The lowest BCUT2D eigenvalue weighted by Crippen LogP contribution is -2.41. The van der Waals surface area contributed by atoms with E-state index in [4.69, 9.17) is 9.47 Å². The molecule has 2 aromatic carbocycles. The number of rotatable bonds is 7. The molecular weight excluding hydrogens is 527 g/mol. The molecule has 2 N–H and O–H groups in total. The summed E-state index contributed by atoms with van der Waals surface area (Å²) in [7, 11) is 1.57. The number of carbonyl (C=O) groups is 2. The van der Waals surface area contributed by atoms with Crippen LogP contribution in [0.4, 0.5) is 0 Å². The van der Waals surface area contributed by atoms with Crippen LogP contribution in [0.15, 0.2) is 40.9 Å². The predicted octanol–water partition coefficient (Wildman–Crippen LogP) is 4.32. The number of carbonyl (C=O) groups excluding carboxylic acids is 2. The monoisotopic (exact) mass is 546 g/mol. The van der Waals surface area contributed by atoms with Crippen molar-refractivity contribution in [2.45, 2.75) is 19.8 Å². The van der Waals surface area contributed by atoms with E-state index in [1.165, 1.54) is 0 Å². The first-order chi connectivity index (χ1) is 13.0. The molecule has 0 aliphatic rings. The SMILES string of the molecule is CCCCOc1ccc(Br)cc1C(=O)NNC(=O)c1ccc(OC)c(I)c1. The van der Waals surface area contributed by atoms with Gasteiger partial charge in [0.15, 0.2) is 0 Å². The molecule has 0 radical (unpaired) electrons. The predicted molar refractivity (Wildman–Crippen MR) is 115 cm³/mol. The standard InChI is InChI=1S/C19H20BrIN2O4/c1-3-4-9-27-16-8-6-13(20)11-14(16)19(25)23-22-18(24)12-5-7-17(26-2)15(21)10-12/h5-8,10-11H,3-4,9H2,1-2H3,(H,22,24)(H,23,25). The van der Waals surface area contributed by atoms with Gasteiger partial charge in [0.1, 0.15) is 11.5 Å². The first-order valence-corrected chi connectivity index (χ1v) is 10.2. The number of amides is 2. The van der Waals surface area contributed by atoms with Crippen LogP contribution < -0.4 is 20.3 Å². The highest BCUT2D eigenvalue weighted by Crippen LogP contribution is 2.24. The zero-order valence-corrected chi connectivity index (χ0v) is 18.7. The normalized spacial score (nSPS) is 10.2. The lowest BCUT2D eigenvalue weighted by molar-refractivity contribution is 0.0844. The first-order valence-electron chi connectivity index (χ1n) is 8.32. The largest absolute Gasteiger partial charge is 0.496 e. The van der Waals surface area contributed by atoms with E-state index in [1.807, 2.05) is 0 Å². The summed E-state index contributed by atoms with van der Waals surface area (Å²) in [5.74, 6) is 0.267. The fraction of sp³-hybridized carbons (Fsp3) is 0.263. The van der Waals surface area contributed by atoms with Gasteiger partial charge in [-0.15, -0.1) is 0 Å². The highest BCUT2D eigenvalue weighted by atomic mass is 127. The average Bonchev–Trinajstić information content (AvgIpc) is 2.67. The van der Waals surface area contributed by atoms with E-state index < -0.39 is 11.8 Å². The minimum atomic E-state index is -0.459. The number of hydrogen-bond donors (Lipinski definition) is 2. The molecule has 0 aliphatic carbocycles. The second kappa shape index (κ2) is 10.5. The first kappa shape index (κ1) is 21.5. The molecule has 2 amide bonds. The van der Waals surface area contributed by atoms with E-state index in [0.717, 1.165) is 20.9 Å². The highest BCUT2D eigenvalue weighted by molar-refractivity contribution is 14.1. The van der Waals surface area contributed by atoms with Crippen LogP contribution in [0.5, 0.6) is 11.5 Å². The van der Waals surface area contributed by atoms with Crippen LogP contribution in [0.2, 0.25) is 0 Å². The minimum absolute atomic E-state index is 0.338. The summed E-state index contributed by atoms with van der Waals surface area (Å²) in [4.78, 5) is 24.8. The molecule has 0 spiro atoms. The van der Waals surface area contributed by atoms with Crippen molar-refractivity contribution in [3.63, 3.8) is 0 Å². The molecule has 6 nitrogen and oxygen atoms in total. The van der Waals surface area contributed by atoms with Crippen molar-refractivity contribution in [2.75, 3.05) is 13.7 Å². The Kier molecular flexibility index (Phi) is 8.36. The van der Waals surface area contributed by atoms with Gasteiger partial charge in [0.2, 0.25) is 0 Å². The van der Waals surface area contributed by atoms with Gasteiger partial charge in [0.25, 0.3) is 11.8 Å². The summed E-state index contributed by atoms with van der Waals surface area (Å²) in [5.41, 5.74) is 5.60. The second-order valence-corrected chi connectivity index (χ2v) is 7.68. The van der Waals surface area contributed by atoms with Gasteiger partial charge in [-0.3, -0.25) is 20.4 Å². The second-order valence-electron chi connectivity index (χ2n) is 5.60. The Bertz CT molecular complexity index is 829. The lowest BCUT2D eigenvalue weighted by Gasteiger charge is -2.13. The fourth-order valence-corrected chi connectivity index (χ4v) is 3.29. The third kappa shape index (κ3) is 6.10. The molecule has 0 atom stereocenters. The summed E-state index contributed by atoms with van der Waals surface area (Å²) in [5, 5.41) is 0. The van der Waals surface area contributed by atoms with E-state index in [0.29, 0.717) is 29.2 Å². The van der Waals surface area contributed by atoms with Crippen LogP contribution in [-0.4, -0.2) is 25.5 Å². The van der Waals surface area contributed by atoms with Crippen LogP contribution in [0.1, 0.15) is 40.5 Å². The molecule has 2 aromatic rings. The molecule has 0 unspecified atom stereocenters. The topological polar surface area (TPSA) is 76.7 Å². The van der Waals surface area contributed by atoms with E-state index in [1.54, 1.807) is 43.5 Å². The Labute approximate surface area is 180 Å². The Hall–Kier alpha value is -1.81. The average molecular weight is 547 g/mol. The Morgan fingerprint density at radius 1 is 1.07 bits per heavy atom. The summed E-state index contributed by atoms with van der Waals surface area (Å²) in [6, 6.07) is 10.2. The minimum Gasteiger partial charge on any atom is -0.496 e. The molecule has 27 heavy (non-hydrogen) atoms. The van der Waals surface area contributed by atoms with Crippen molar-refractivity contribution in [2.24, 2.45) is 0 Å². The Balaban J connectivity index is 2.05. The molecule has 2 rings (SSSR count). The van der Waals surface area contributed by atoms with Crippen LogP contribution in [0, 0.1) is 3.57 Å². The number of hydrogen-bond acceptors (Lipinski definition) is 4. The summed E-state index contributed by atoms with van der Waals surface area (Å²) in [6.07, 6.45) is 1.89. The number of hydrazine groups is 1. The van der Waals surface area contributed by atoms with Gasteiger partial charge >= 0.3 is 0 Å². The highest BCUT2D eigenvalue weighted by Gasteiger charge is 2.15. The lowest BCUT2D eigenvalue weighted by atomic mass is 10.2. The fourth-order valence-electron chi connectivity index (χ4n) is 2.19. The van der Waals surface area contributed by atoms with Gasteiger partial charge in [0, 0.05) is 10.0 Å². The maximum Gasteiger partial charge on any atom is 0.273 e. The summed E-state index contributed by atoms with van der Waals surface area (Å²) < 4.78 is 12.4. The van der Waals surface area contributed by atoms with Crippen LogP contribution in [0.25, 0.3) is 0 Å². The maximum atomic E-state index is 12.5. The van der Waals surface area contributed by atoms with Crippen LogP contribution >= 0.6 is 38.5 Å². The van der Waals surface area contributed by atoms with Crippen molar-refractivity contribution >= 4 is 50.3 Å².